The lowest BCUT2D eigenvalue weighted by atomic mass is 9.93. The molecule has 1 saturated heterocycles. The van der Waals surface area contributed by atoms with Gasteiger partial charge in [-0.15, -0.1) is 0 Å². The molecule has 2 aliphatic heterocycles. The Morgan fingerprint density at radius 1 is 1.13 bits per heavy atom. The van der Waals surface area contributed by atoms with Crippen LogP contribution >= 0.6 is 0 Å². The summed E-state index contributed by atoms with van der Waals surface area (Å²) in [7, 11) is 0. The van der Waals surface area contributed by atoms with Gasteiger partial charge in [0, 0.05) is 38.8 Å². The van der Waals surface area contributed by atoms with Gasteiger partial charge in [-0.25, -0.2) is 9.38 Å². The van der Waals surface area contributed by atoms with Crippen LogP contribution in [0.25, 0.3) is 0 Å². The molecule has 7 heteroatoms. The maximum atomic E-state index is 13.9. The van der Waals surface area contributed by atoms with Crippen LogP contribution in [0.1, 0.15) is 25.0 Å². The van der Waals surface area contributed by atoms with E-state index in [0.717, 1.165) is 30.1 Å². The number of halogens is 1. The normalized spacial score (nSPS) is 16.8. The van der Waals surface area contributed by atoms with Gasteiger partial charge in [-0.3, -0.25) is 9.69 Å². The van der Waals surface area contributed by atoms with E-state index in [-0.39, 0.29) is 5.82 Å². The van der Waals surface area contributed by atoms with Gasteiger partial charge < -0.3 is 14.7 Å². The number of carboxylic acid groups (broad SMARTS) is 1. The molecule has 0 saturated carbocycles. The van der Waals surface area contributed by atoms with Crippen molar-refractivity contribution in [3.8, 4) is 11.5 Å². The molecular formula is C23H26FN3O3. The van der Waals surface area contributed by atoms with E-state index < -0.39 is 11.4 Å². The van der Waals surface area contributed by atoms with Crippen molar-refractivity contribution >= 4 is 17.5 Å². The Bertz CT molecular complexity index is 1010. The number of aliphatic carboxylic acids is 1. The Labute approximate surface area is 175 Å². The van der Waals surface area contributed by atoms with Crippen molar-refractivity contribution < 1.29 is 19.0 Å². The second-order valence-electron chi connectivity index (χ2n) is 8.60. The van der Waals surface area contributed by atoms with Crippen molar-refractivity contribution in [3.05, 3.63) is 53.3 Å². The van der Waals surface area contributed by atoms with Crippen LogP contribution in [0.2, 0.25) is 0 Å². The summed E-state index contributed by atoms with van der Waals surface area (Å²) in [6.45, 7) is 8.83. The third-order valence-corrected chi connectivity index (χ3v) is 5.62. The minimum Gasteiger partial charge on any atom is -0.481 e. The average Bonchev–Trinajstić information content (AvgIpc) is 2.84. The first-order chi connectivity index (χ1) is 14.2. The molecule has 6 nitrogen and oxygen atoms in total. The van der Waals surface area contributed by atoms with Crippen LogP contribution in [-0.4, -0.2) is 59.4 Å². The topological polar surface area (TPSA) is 65.4 Å². The molecule has 1 fully saturated rings. The summed E-state index contributed by atoms with van der Waals surface area (Å²) in [5.41, 5.74) is 1.71. The molecule has 2 aromatic rings. The van der Waals surface area contributed by atoms with Gasteiger partial charge in [-0.1, -0.05) is 6.07 Å². The van der Waals surface area contributed by atoms with Gasteiger partial charge in [-0.05, 0) is 50.6 Å². The molecule has 0 radical (unpaired) electrons. The molecule has 0 bridgehead atoms. The number of fused-ring (bicyclic) bond motifs is 2. The van der Waals surface area contributed by atoms with E-state index in [0.29, 0.717) is 36.8 Å². The zero-order valence-electron chi connectivity index (χ0n) is 17.5. The number of aliphatic imine (C=N–C) groups is 1. The third-order valence-electron chi connectivity index (χ3n) is 5.62. The number of hydrogen-bond donors (Lipinski definition) is 1. The molecule has 30 heavy (non-hydrogen) atoms. The Morgan fingerprint density at radius 2 is 1.87 bits per heavy atom. The van der Waals surface area contributed by atoms with E-state index >= 15 is 0 Å². The molecule has 4 rings (SSSR count). The first-order valence-corrected chi connectivity index (χ1v) is 10.1. The van der Waals surface area contributed by atoms with Gasteiger partial charge in [0.1, 0.15) is 23.1 Å². The minimum atomic E-state index is -0.795. The predicted molar refractivity (Wildman–Crippen MR) is 113 cm³/mol. The van der Waals surface area contributed by atoms with Crippen molar-refractivity contribution in [3.63, 3.8) is 0 Å². The largest absolute Gasteiger partial charge is 0.481 e. The highest BCUT2D eigenvalue weighted by atomic mass is 19.1. The number of carboxylic acids is 1. The molecule has 0 aromatic heterocycles. The Morgan fingerprint density at radius 3 is 2.57 bits per heavy atom. The van der Waals surface area contributed by atoms with E-state index in [1.165, 1.54) is 12.1 Å². The van der Waals surface area contributed by atoms with Crippen molar-refractivity contribution in [2.24, 2.45) is 10.4 Å². The lowest BCUT2D eigenvalue weighted by molar-refractivity contribution is -0.148. The summed E-state index contributed by atoms with van der Waals surface area (Å²) < 4.78 is 20.0. The smallest absolute Gasteiger partial charge is 0.310 e. The molecule has 2 heterocycles. The molecule has 0 spiro atoms. The molecule has 2 aromatic carbocycles. The number of nitrogens with zero attached hydrogens (tertiary/aromatic N) is 3. The van der Waals surface area contributed by atoms with Crippen molar-refractivity contribution in [2.75, 3.05) is 32.7 Å². The highest BCUT2D eigenvalue weighted by molar-refractivity contribution is 6.03. The second kappa shape index (κ2) is 7.72. The lowest BCUT2D eigenvalue weighted by Crippen LogP contribution is -2.52. The third kappa shape index (κ3) is 4.03. The summed E-state index contributed by atoms with van der Waals surface area (Å²) in [5.74, 6) is 0.666. The van der Waals surface area contributed by atoms with Gasteiger partial charge in [0.2, 0.25) is 0 Å². The number of ether oxygens (including phenoxy) is 1. The number of rotatable bonds is 3. The van der Waals surface area contributed by atoms with Crippen LogP contribution in [0, 0.1) is 18.2 Å². The molecule has 2 aliphatic rings. The van der Waals surface area contributed by atoms with Gasteiger partial charge in [0.05, 0.1) is 11.0 Å². The van der Waals surface area contributed by atoms with Crippen molar-refractivity contribution in [1.82, 2.24) is 9.80 Å². The standard InChI is InChI=1S/C23H26FN3O3/c1-15-4-7-18-20(12-15)30-19-13-16(24)5-6-17(19)21(25-18)27-10-8-26(9-11-27)14-23(2,3)22(28)29/h4-7,12-13H,8-11,14H2,1-3H3,(H,28,29). The van der Waals surface area contributed by atoms with Crippen molar-refractivity contribution in [2.45, 2.75) is 20.8 Å². The second-order valence-corrected chi connectivity index (χ2v) is 8.60. The fourth-order valence-electron chi connectivity index (χ4n) is 3.84. The number of aryl methyl sites for hydroxylation is 1. The van der Waals surface area contributed by atoms with Gasteiger partial charge in [0.15, 0.2) is 5.75 Å². The van der Waals surface area contributed by atoms with E-state index in [1.807, 2.05) is 25.1 Å². The number of carbonyl (C=O) groups is 1. The van der Waals surface area contributed by atoms with E-state index in [1.54, 1.807) is 19.9 Å². The predicted octanol–water partition coefficient (Wildman–Crippen LogP) is 4.05. The maximum absolute atomic E-state index is 13.9. The van der Waals surface area contributed by atoms with Gasteiger partial charge in [0.25, 0.3) is 0 Å². The van der Waals surface area contributed by atoms with Crippen LogP contribution in [0.4, 0.5) is 10.1 Å². The summed E-state index contributed by atoms with van der Waals surface area (Å²) in [6, 6.07) is 10.3. The van der Waals surface area contributed by atoms with Gasteiger partial charge in [-0.2, -0.15) is 0 Å². The van der Waals surface area contributed by atoms with E-state index in [9.17, 15) is 14.3 Å². The Balaban J connectivity index is 1.62. The molecule has 158 valence electrons. The first kappa shape index (κ1) is 20.3. The van der Waals surface area contributed by atoms with Crippen LogP contribution in [0.5, 0.6) is 11.5 Å². The van der Waals surface area contributed by atoms with E-state index in [4.69, 9.17) is 9.73 Å². The van der Waals surface area contributed by atoms with Gasteiger partial charge >= 0.3 is 5.97 Å². The Kier molecular flexibility index (Phi) is 5.24. The molecule has 0 atom stereocenters. The number of amidine groups is 1. The molecule has 1 N–H and O–H groups in total. The highest BCUT2D eigenvalue weighted by Gasteiger charge is 2.32. The molecule has 0 aliphatic carbocycles. The summed E-state index contributed by atoms with van der Waals surface area (Å²) in [5, 5.41) is 9.40. The van der Waals surface area contributed by atoms with Crippen LogP contribution in [0.3, 0.4) is 0 Å². The zero-order valence-corrected chi connectivity index (χ0v) is 17.5. The minimum absolute atomic E-state index is 0.357. The fourth-order valence-corrected chi connectivity index (χ4v) is 3.84. The average molecular weight is 411 g/mol. The van der Waals surface area contributed by atoms with Crippen molar-refractivity contribution in [1.29, 1.82) is 0 Å². The van der Waals surface area contributed by atoms with Crippen LogP contribution in [-0.2, 0) is 4.79 Å². The molecule has 0 amide bonds. The summed E-state index contributed by atoms with van der Waals surface area (Å²) >= 11 is 0. The zero-order chi connectivity index (χ0) is 21.5. The summed E-state index contributed by atoms with van der Waals surface area (Å²) in [6.07, 6.45) is 0. The quantitative estimate of drug-likeness (QED) is 0.826. The number of piperazine rings is 1. The highest BCUT2D eigenvalue weighted by Crippen LogP contribution is 2.39. The summed E-state index contributed by atoms with van der Waals surface area (Å²) in [4.78, 5) is 20.7. The number of hydrogen-bond acceptors (Lipinski definition) is 5. The van der Waals surface area contributed by atoms with Crippen LogP contribution < -0.4 is 4.74 Å². The number of benzene rings is 2. The fraction of sp³-hybridized carbons (Fsp3) is 0.391. The lowest BCUT2D eigenvalue weighted by Gasteiger charge is -2.38. The van der Waals surface area contributed by atoms with E-state index in [2.05, 4.69) is 9.80 Å². The molecule has 0 unspecified atom stereocenters. The maximum Gasteiger partial charge on any atom is 0.310 e. The Hall–Kier alpha value is -2.93. The monoisotopic (exact) mass is 411 g/mol. The van der Waals surface area contributed by atoms with Crippen LogP contribution in [0.15, 0.2) is 41.4 Å². The first-order valence-electron chi connectivity index (χ1n) is 10.1. The molecular weight excluding hydrogens is 385 g/mol. The SMILES string of the molecule is Cc1ccc2c(c1)Oc1cc(F)ccc1C(N1CCN(CC(C)(C)C(=O)O)CC1)=N2.